The normalized spacial score (nSPS) is 14.3. The molecule has 0 saturated carbocycles. The first-order valence-electron chi connectivity index (χ1n) is 11.6. The van der Waals surface area contributed by atoms with Gasteiger partial charge in [-0.2, -0.15) is 5.21 Å². The maximum absolute atomic E-state index is 15.6. The molecule has 1 fully saturated rings. The van der Waals surface area contributed by atoms with Crippen molar-refractivity contribution in [1.82, 2.24) is 30.6 Å². The van der Waals surface area contributed by atoms with Gasteiger partial charge in [0.05, 0.1) is 12.2 Å². The topological polar surface area (TPSA) is 92.7 Å². The monoisotopic (exact) mass is 477 g/mol. The second-order valence-corrected chi connectivity index (χ2v) is 8.51. The van der Waals surface area contributed by atoms with Gasteiger partial charge in [0, 0.05) is 25.5 Å². The number of H-pyrrole nitrogens is 1. The largest absolute Gasteiger partial charge is 0.487 e. The predicted octanol–water partition coefficient (Wildman–Crippen LogP) is 4.46. The van der Waals surface area contributed by atoms with Crippen molar-refractivity contribution in [3.63, 3.8) is 0 Å². The van der Waals surface area contributed by atoms with Gasteiger partial charge >= 0.3 is 0 Å². The summed E-state index contributed by atoms with van der Waals surface area (Å²) in [6.07, 6.45) is 6.21. The number of halogens is 2. The van der Waals surface area contributed by atoms with Crippen molar-refractivity contribution in [2.75, 3.05) is 24.6 Å². The molecule has 0 bridgehead atoms. The Labute approximate surface area is 201 Å². The molecule has 1 N–H and O–H groups in total. The summed E-state index contributed by atoms with van der Waals surface area (Å²) in [4.78, 5) is 11.0. The number of rotatable bonds is 7. The molecule has 1 aliphatic heterocycles. The molecule has 180 valence electrons. The second-order valence-electron chi connectivity index (χ2n) is 8.51. The van der Waals surface area contributed by atoms with E-state index in [1.165, 1.54) is 6.07 Å². The highest BCUT2D eigenvalue weighted by atomic mass is 19.1. The molecule has 1 saturated heterocycles. The molecule has 0 aliphatic carbocycles. The zero-order valence-electron chi connectivity index (χ0n) is 19.3. The Morgan fingerprint density at radius 1 is 1.09 bits per heavy atom. The molecule has 0 amide bonds. The fourth-order valence-corrected chi connectivity index (χ4v) is 4.26. The molecule has 5 rings (SSSR count). The van der Waals surface area contributed by atoms with Crippen molar-refractivity contribution in [3.05, 3.63) is 66.0 Å². The van der Waals surface area contributed by atoms with Crippen LogP contribution in [0.15, 0.2) is 48.8 Å². The maximum atomic E-state index is 15.6. The van der Waals surface area contributed by atoms with Crippen molar-refractivity contribution in [3.8, 4) is 28.3 Å². The average Bonchev–Trinajstić information content (AvgIpc) is 3.44. The Balaban J connectivity index is 1.31. The van der Waals surface area contributed by atoms with Crippen molar-refractivity contribution < 1.29 is 13.5 Å². The second kappa shape index (κ2) is 10.1. The van der Waals surface area contributed by atoms with Crippen molar-refractivity contribution in [2.45, 2.75) is 26.2 Å². The Kier molecular flexibility index (Phi) is 6.60. The van der Waals surface area contributed by atoms with Gasteiger partial charge < -0.3 is 9.64 Å². The predicted molar refractivity (Wildman–Crippen MR) is 127 cm³/mol. The minimum Gasteiger partial charge on any atom is -0.487 e. The first-order chi connectivity index (χ1) is 17.1. The van der Waals surface area contributed by atoms with E-state index in [4.69, 9.17) is 4.74 Å². The number of aromatic amines is 1. The van der Waals surface area contributed by atoms with Crippen LogP contribution in [-0.2, 0) is 6.42 Å². The molecule has 0 radical (unpaired) electrons. The van der Waals surface area contributed by atoms with Gasteiger partial charge in [-0.15, -0.1) is 10.2 Å². The van der Waals surface area contributed by atoms with Gasteiger partial charge in [0.1, 0.15) is 0 Å². The van der Waals surface area contributed by atoms with Crippen LogP contribution in [0.3, 0.4) is 0 Å². The summed E-state index contributed by atoms with van der Waals surface area (Å²) in [6.45, 7) is 3.78. The number of tetrazole rings is 1. The summed E-state index contributed by atoms with van der Waals surface area (Å²) in [5, 5.41) is 13.7. The van der Waals surface area contributed by atoms with E-state index < -0.39 is 17.4 Å². The first kappa shape index (κ1) is 22.8. The average molecular weight is 478 g/mol. The highest BCUT2D eigenvalue weighted by molar-refractivity contribution is 5.82. The number of ether oxygens (including phenoxy) is 1. The van der Waals surface area contributed by atoms with Crippen molar-refractivity contribution in [1.29, 1.82) is 0 Å². The van der Waals surface area contributed by atoms with Gasteiger partial charge in [-0.25, -0.2) is 18.7 Å². The number of nitrogens with one attached hydrogen (secondary N) is 1. The number of aryl methyl sites for hydroxylation is 1. The molecule has 8 nitrogen and oxygen atoms in total. The molecule has 10 heteroatoms. The fraction of sp³-hybridized carbons (Fsp3) is 0.320. The van der Waals surface area contributed by atoms with Gasteiger partial charge in [0.25, 0.3) is 0 Å². The van der Waals surface area contributed by atoms with E-state index in [0.717, 1.165) is 37.9 Å². The lowest BCUT2D eigenvalue weighted by molar-refractivity contribution is 0.207. The lowest BCUT2D eigenvalue weighted by atomic mass is 9.97. The number of nitrogens with zero attached hydrogens (tertiary/aromatic N) is 6. The summed E-state index contributed by atoms with van der Waals surface area (Å²) in [7, 11) is 0. The first-order valence-corrected chi connectivity index (χ1v) is 11.6. The van der Waals surface area contributed by atoms with E-state index in [9.17, 15) is 0 Å². The van der Waals surface area contributed by atoms with Crippen LogP contribution in [0.25, 0.3) is 22.5 Å². The highest BCUT2D eigenvalue weighted by Crippen LogP contribution is 2.39. The summed E-state index contributed by atoms with van der Waals surface area (Å²) in [5.41, 5.74) is 2.11. The molecule has 3 heterocycles. The van der Waals surface area contributed by atoms with Gasteiger partial charge in [-0.3, -0.25) is 0 Å². The maximum Gasteiger partial charge on any atom is 0.225 e. The van der Waals surface area contributed by atoms with E-state index in [-0.39, 0.29) is 23.9 Å². The number of piperidine rings is 1. The molecule has 1 aliphatic rings. The molecule has 0 unspecified atom stereocenters. The van der Waals surface area contributed by atoms with Gasteiger partial charge in [-0.1, -0.05) is 37.3 Å². The third-order valence-electron chi connectivity index (χ3n) is 6.29. The Morgan fingerprint density at radius 2 is 1.83 bits per heavy atom. The molecular formula is C25H25F2N7O. The van der Waals surface area contributed by atoms with Crippen LogP contribution in [0, 0.1) is 17.6 Å². The van der Waals surface area contributed by atoms with Crippen LogP contribution in [-0.4, -0.2) is 50.3 Å². The van der Waals surface area contributed by atoms with Gasteiger partial charge in [0.2, 0.25) is 11.8 Å². The lowest BCUT2D eigenvalue weighted by Crippen LogP contribution is -2.36. The molecule has 35 heavy (non-hydrogen) atoms. The summed E-state index contributed by atoms with van der Waals surface area (Å²) in [6, 6.07) is 10.2. The standard InChI is InChI=1S/C25H25F2N7O/c1-2-16-13-28-25(29-14-16)34-10-8-17(9-11-34)15-35-23-20(26)12-19(18-6-4-3-5-7-18)21(22(23)27)24-30-32-33-31-24/h3-7,12-14,17H,2,8-11,15H2,1H3,(H,30,31,32,33). The minimum atomic E-state index is -0.841. The number of anilines is 1. The minimum absolute atomic E-state index is 0.0357. The van der Waals surface area contributed by atoms with Crippen molar-refractivity contribution >= 4 is 5.95 Å². The van der Waals surface area contributed by atoms with Gasteiger partial charge in [0.15, 0.2) is 17.4 Å². The van der Waals surface area contributed by atoms with E-state index in [0.29, 0.717) is 17.1 Å². The summed E-state index contributed by atoms with van der Waals surface area (Å²) >= 11 is 0. The van der Waals surface area contributed by atoms with E-state index in [2.05, 4.69) is 42.4 Å². The van der Waals surface area contributed by atoms with E-state index >= 15 is 8.78 Å². The van der Waals surface area contributed by atoms with Crippen LogP contribution < -0.4 is 9.64 Å². The number of benzene rings is 2. The SMILES string of the molecule is CCc1cnc(N2CCC(COc3c(F)cc(-c4ccccc4)c(-c4nn[nH]n4)c3F)CC2)nc1. The molecular weight excluding hydrogens is 452 g/mol. The zero-order chi connectivity index (χ0) is 24.2. The quantitative estimate of drug-likeness (QED) is 0.420. The molecule has 2 aromatic carbocycles. The molecule has 0 atom stereocenters. The Bertz CT molecular complexity index is 1260. The van der Waals surface area contributed by atoms with Crippen LogP contribution in [0.4, 0.5) is 14.7 Å². The summed E-state index contributed by atoms with van der Waals surface area (Å²) in [5.74, 6) is -1.14. The highest BCUT2D eigenvalue weighted by Gasteiger charge is 2.27. The Morgan fingerprint density at radius 3 is 2.49 bits per heavy atom. The number of aromatic nitrogens is 6. The van der Waals surface area contributed by atoms with Crippen LogP contribution >= 0.6 is 0 Å². The van der Waals surface area contributed by atoms with E-state index in [1.54, 1.807) is 24.3 Å². The van der Waals surface area contributed by atoms with Gasteiger partial charge in [-0.05, 0) is 53.2 Å². The van der Waals surface area contributed by atoms with Crippen LogP contribution in [0.1, 0.15) is 25.3 Å². The number of hydrogen-bond acceptors (Lipinski definition) is 7. The van der Waals surface area contributed by atoms with E-state index in [1.807, 2.05) is 18.5 Å². The lowest BCUT2D eigenvalue weighted by Gasteiger charge is -2.32. The van der Waals surface area contributed by atoms with Crippen LogP contribution in [0.2, 0.25) is 0 Å². The van der Waals surface area contributed by atoms with Crippen LogP contribution in [0.5, 0.6) is 5.75 Å². The zero-order valence-corrected chi connectivity index (χ0v) is 19.3. The number of hydrogen-bond donors (Lipinski definition) is 1. The molecule has 2 aromatic heterocycles. The third kappa shape index (κ3) is 4.82. The molecule has 4 aromatic rings. The summed E-state index contributed by atoms with van der Waals surface area (Å²) < 4.78 is 36.4. The fourth-order valence-electron chi connectivity index (χ4n) is 4.26. The van der Waals surface area contributed by atoms with Crippen molar-refractivity contribution in [2.24, 2.45) is 5.92 Å². The molecule has 0 spiro atoms. The third-order valence-corrected chi connectivity index (χ3v) is 6.29. The smallest absolute Gasteiger partial charge is 0.225 e. The Hall–Kier alpha value is -3.95.